The highest BCUT2D eigenvalue weighted by Crippen LogP contribution is 2.38. The molecule has 0 aromatic carbocycles. The number of halogens is 1. The van der Waals surface area contributed by atoms with Crippen LogP contribution in [-0.2, 0) is 14.3 Å². The summed E-state index contributed by atoms with van der Waals surface area (Å²) in [6.45, 7) is 8.93. The summed E-state index contributed by atoms with van der Waals surface area (Å²) in [6.07, 6.45) is 4.01. The van der Waals surface area contributed by atoms with Gasteiger partial charge >= 0.3 is 6.09 Å². The molecule has 0 spiro atoms. The fourth-order valence-corrected chi connectivity index (χ4v) is 4.64. The molecule has 2 N–H and O–H groups in total. The molecule has 2 saturated heterocycles. The maximum Gasteiger partial charge on any atom is 0.407 e. The maximum absolute atomic E-state index is 12.3. The Hall–Kier alpha value is -1.30. The lowest BCUT2D eigenvalue weighted by Crippen LogP contribution is -2.46. The molecule has 4 unspecified atom stereocenters. The van der Waals surface area contributed by atoms with Crippen molar-refractivity contribution in [3.05, 3.63) is 0 Å². The average molecular weight is 565 g/mol. The molecule has 0 aromatic rings. The van der Waals surface area contributed by atoms with Gasteiger partial charge in [0.1, 0.15) is 12.1 Å². The van der Waals surface area contributed by atoms with Crippen LogP contribution in [0.5, 0.6) is 0 Å². The van der Waals surface area contributed by atoms with Gasteiger partial charge in [0, 0.05) is 52.3 Å². The number of alkyl carbamates (subject to hydrolysis) is 1. The number of likely N-dealkylation sites (N-methyl/N-ethyl adjacent to an activating group) is 1. The molecule has 184 valence electrons. The molecule has 2 amide bonds. The van der Waals surface area contributed by atoms with Gasteiger partial charge in [-0.2, -0.15) is 0 Å². The highest BCUT2D eigenvalue weighted by Gasteiger charge is 2.44. The number of fused-ring (bicyclic) bond motifs is 1. The third kappa shape index (κ3) is 7.64. The molecular formula is C22H40IN5O4. The molecule has 0 bridgehead atoms. The maximum atomic E-state index is 12.3. The quantitative estimate of drug-likeness (QED) is 0.301. The van der Waals surface area contributed by atoms with E-state index in [1.807, 2.05) is 20.8 Å². The predicted molar refractivity (Wildman–Crippen MR) is 134 cm³/mol. The Labute approximate surface area is 209 Å². The first-order chi connectivity index (χ1) is 14.6. The average Bonchev–Trinajstić information content (AvgIpc) is 3.39. The number of guanidine groups is 1. The van der Waals surface area contributed by atoms with E-state index >= 15 is 0 Å². The second-order valence-corrected chi connectivity index (χ2v) is 10.1. The van der Waals surface area contributed by atoms with Crippen LogP contribution >= 0.6 is 24.0 Å². The zero-order valence-electron chi connectivity index (χ0n) is 20.1. The Morgan fingerprint density at radius 2 is 1.94 bits per heavy atom. The van der Waals surface area contributed by atoms with Crippen LogP contribution < -0.4 is 10.6 Å². The van der Waals surface area contributed by atoms with Crippen LogP contribution in [0.25, 0.3) is 0 Å². The van der Waals surface area contributed by atoms with Gasteiger partial charge in [-0.3, -0.25) is 4.79 Å². The van der Waals surface area contributed by atoms with Crippen LogP contribution in [-0.4, -0.2) is 92.4 Å². The topological polar surface area (TPSA) is 95.5 Å². The minimum absolute atomic E-state index is 0. The number of aliphatic imine (C=N–C) groups is 1. The van der Waals surface area contributed by atoms with E-state index in [0.717, 1.165) is 51.3 Å². The molecule has 3 fully saturated rings. The number of nitrogens with zero attached hydrogens (tertiary/aromatic N) is 3. The van der Waals surface area contributed by atoms with Gasteiger partial charge in [-0.05, 0) is 52.4 Å². The first kappa shape index (κ1) is 26.9. The summed E-state index contributed by atoms with van der Waals surface area (Å²) in [4.78, 5) is 32.8. The lowest BCUT2D eigenvalue weighted by Gasteiger charge is -2.26. The van der Waals surface area contributed by atoms with Crippen molar-refractivity contribution in [2.75, 3.05) is 46.9 Å². The molecule has 9 nitrogen and oxygen atoms in total. The fraction of sp³-hybridized carbons (Fsp3) is 0.864. The monoisotopic (exact) mass is 565 g/mol. The third-order valence-electron chi connectivity index (χ3n) is 6.23. The minimum atomic E-state index is -0.505. The van der Waals surface area contributed by atoms with Crippen LogP contribution in [0.1, 0.15) is 46.5 Å². The molecule has 3 rings (SSSR count). The van der Waals surface area contributed by atoms with Crippen molar-refractivity contribution in [1.29, 1.82) is 0 Å². The number of carbonyl (C=O) groups excluding carboxylic acids is 2. The Bertz CT molecular complexity index is 676. The first-order valence-electron chi connectivity index (χ1n) is 11.5. The molecule has 1 saturated carbocycles. The zero-order chi connectivity index (χ0) is 22.6. The lowest BCUT2D eigenvalue weighted by atomic mass is 9.98. The highest BCUT2D eigenvalue weighted by molar-refractivity contribution is 14.0. The number of ether oxygens (including phenoxy) is 2. The van der Waals surface area contributed by atoms with Crippen LogP contribution in [0.3, 0.4) is 0 Å². The number of hydrogen-bond acceptors (Lipinski definition) is 5. The van der Waals surface area contributed by atoms with Gasteiger partial charge in [-0.15, -0.1) is 24.0 Å². The second kappa shape index (κ2) is 11.7. The molecule has 3 aliphatic rings. The Balaban J connectivity index is 0.00000363. The summed E-state index contributed by atoms with van der Waals surface area (Å²) >= 11 is 0. The van der Waals surface area contributed by atoms with Gasteiger partial charge in [0.2, 0.25) is 5.91 Å². The molecule has 0 aromatic heterocycles. The molecule has 2 aliphatic heterocycles. The molecule has 4 atom stereocenters. The number of likely N-dealkylation sites (tertiary alicyclic amines) is 1. The van der Waals surface area contributed by atoms with Crippen molar-refractivity contribution in [2.24, 2.45) is 16.8 Å². The summed E-state index contributed by atoms with van der Waals surface area (Å²) in [5.41, 5.74) is -0.505. The normalized spacial score (nSPS) is 27.5. The van der Waals surface area contributed by atoms with Crippen molar-refractivity contribution < 1.29 is 19.1 Å². The van der Waals surface area contributed by atoms with E-state index in [-0.39, 0.29) is 54.7 Å². The van der Waals surface area contributed by atoms with Gasteiger partial charge < -0.3 is 29.9 Å². The smallest absolute Gasteiger partial charge is 0.407 e. The van der Waals surface area contributed by atoms with E-state index < -0.39 is 5.60 Å². The van der Waals surface area contributed by atoms with E-state index in [9.17, 15) is 9.59 Å². The third-order valence-corrected chi connectivity index (χ3v) is 6.23. The van der Waals surface area contributed by atoms with Gasteiger partial charge in [-0.1, -0.05) is 0 Å². The van der Waals surface area contributed by atoms with E-state index in [0.29, 0.717) is 18.4 Å². The summed E-state index contributed by atoms with van der Waals surface area (Å²) in [6, 6.07) is 0.104. The molecule has 1 aliphatic carbocycles. The van der Waals surface area contributed by atoms with Gasteiger partial charge in [0.25, 0.3) is 0 Å². The molecule has 0 radical (unpaired) electrons. The number of rotatable bonds is 5. The van der Waals surface area contributed by atoms with Crippen LogP contribution in [0.15, 0.2) is 4.99 Å². The first-order valence-corrected chi connectivity index (χ1v) is 11.5. The molecular weight excluding hydrogens is 525 g/mol. The SMILES string of the molecule is CN(C)C(=O)CN=C(NCC1CCCO1)N1CC2CCC(NC(=O)OC(C)(C)C)C2C1.I. The van der Waals surface area contributed by atoms with E-state index in [2.05, 4.69) is 20.5 Å². The van der Waals surface area contributed by atoms with Crippen LogP contribution in [0, 0.1) is 11.8 Å². The summed E-state index contributed by atoms with van der Waals surface area (Å²) in [5, 5.41) is 6.52. The van der Waals surface area contributed by atoms with Gasteiger partial charge in [-0.25, -0.2) is 9.79 Å². The standard InChI is InChI=1S/C22H39N5O4.HI/c1-22(2,3)31-21(29)25-18-9-8-15-13-27(14-17(15)18)20(24-12-19(28)26(4)5)23-11-16-7-6-10-30-16;/h15-18H,6-14H2,1-5H3,(H,23,24)(H,25,29);1H. The summed E-state index contributed by atoms with van der Waals surface area (Å²) < 4.78 is 11.2. The van der Waals surface area contributed by atoms with E-state index in [1.165, 1.54) is 0 Å². The molecule has 10 heteroatoms. The Kier molecular flexibility index (Phi) is 9.86. The lowest BCUT2D eigenvalue weighted by molar-refractivity contribution is -0.127. The minimum Gasteiger partial charge on any atom is -0.444 e. The van der Waals surface area contributed by atoms with E-state index in [4.69, 9.17) is 9.47 Å². The van der Waals surface area contributed by atoms with Crippen molar-refractivity contribution in [3.8, 4) is 0 Å². The Morgan fingerprint density at radius 1 is 1.19 bits per heavy atom. The number of nitrogens with one attached hydrogen (secondary N) is 2. The Morgan fingerprint density at radius 3 is 2.56 bits per heavy atom. The summed E-state index contributed by atoms with van der Waals surface area (Å²) in [5.74, 6) is 1.59. The molecule has 32 heavy (non-hydrogen) atoms. The van der Waals surface area contributed by atoms with Crippen LogP contribution in [0.2, 0.25) is 0 Å². The van der Waals surface area contributed by atoms with E-state index in [1.54, 1.807) is 19.0 Å². The highest BCUT2D eigenvalue weighted by atomic mass is 127. The van der Waals surface area contributed by atoms with Gasteiger partial charge in [0.15, 0.2) is 5.96 Å². The molecule has 2 heterocycles. The summed E-state index contributed by atoms with van der Waals surface area (Å²) in [7, 11) is 3.48. The van der Waals surface area contributed by atoms with Crippen molar-refractivity contribution >= 4 is 41.9 Å². The second-order valence-electron chi connectivity index (χ2n) is 10.1. The fourth-order valence-electron chi connectivity index (χ4n) is 4.64. The number of amides is 2. The van der Waals surface area contributed by atoms with Crippen molar-refractivity contribution in [3.63, 3.8) is 0 Å². The number of carbonyl (C=O) groups is 2. The number of hydrogen-bond donors (Lipinski definition) is 2. The van der Waals surface area contributed by atoms with Crippen molar-refractivity contribution in [1.82, 2.24) is 20.4 Å². The largest absolute Gasteiger partial charge is 0.444 e. The van der Waals surface area contributed by atoms with Crippen LogP contribution in [0.4, 0.5) is 4.79 Å². The van der Waals surface area contributed by atoms with Gasteiger partial charge in [0.05, 0.1) is 6.10 Å². The predicted octanol–water partition coefficient (Wildman–Crippen LogP) is 2.05. The van der Waals surface area contributed by atoms with Crippen molar-refractivity contribution in [2.45, 2.75) is 64.2 Å². The zero-order valence-corrected chi connectivity index (χ0v) is 22.4.